The molecule has 1 saturated carbocycles. The highest BCUT2D eigenvalue weighted by Crippen LogP contribution is 2.39. The van der Waals surface area contributed by atoms with Crippen molar-refractivity contribution < 1.29 is 19.1 Å². The Morgan fingerprint density at radius 2 is 1.75 bits per heavy atom. The minimum atomic E-state index is -0.421. The number of ether oxygens (including phenoxy) is 1. The van der Waals surface area contributed by atoms with E-state index in [9.17, 15) is 14.4 Å². The lowest BCUT2D eigenvalue weighted by molar-refractivity contribution is -0.125. The average Bonchev–Trinajstić information content (AvgIpc) is 3.39. The molecule has 2 N–H and O–H groups in total. The van der Waals surface area contributed by atoms with Crippen LogP contribution >= 0.6 is 0 Å². The maximum atomic E-state index is 12.2. The third kappa shape index (κ3) is 4.81. The molecule has 0 radical (unpaired) electrons. The molecule has 0 spiro atoms. The van der Waals surface area contributed by atoms with Gasteiger partial charge in [-0.1, -0.05) is 19.8 Å². The zero-order valence-corrected chi connectivity index (χ0v) is 14.1. The molecule has 2 unspecified atom stereocenters. The predicted octanol–water partition coefficient (Wildman–Crippen LogP) is 2.35. The lowest BCUT2D eigenvalue weighted by atomic mass is 10.2. The maximum Gasteiger partial charge on any atom is 0.337 e. The summed E-state index contributed by atoms with van der Waals surface area (Å²) >= 11 is 0. The average molecular weight is 332 g/mol. The van der Waals surface area contributed by atoms with Gasteiger partial charge in [-0.3, -0.25) is 9.59 Å². The van der Waals surface area contributed by atoms with E-state index in [1.54, 1.807) is 24.3 Å². The molecule has 0 aliphatic heterocycles. The van der Waals surface area contributed by atoms with Crippen molar-refractivity contribution in [2.75, 3.05) is 19.0 Å². The number of unbranched alkanes of at least 4 members (excludes halogenated alkanes) is 2. The second-order valence-electron chi connectivity index (χ2n) is 6.01. The number of benzene rings is 1. The molecule has 1 aromatic carbocycles. The number of esters is 1. The summed E-state index contributed by atoms with van der Waals surface area (Å²) in [6, 6.07) is 6.47. The quantitative estimate of drug-likeness (QED) is 0.565. The summed E-state index contributed by atoms with van der Waals surface area (Å²) in [6.07, 6.45) is 3.76. The number of hydrogen-bond donors (Lipinski definition) is 2. The smallest absolute Gasteiger partial charge is 0.337 e. The van der Waals surface area contributed by atoms with Gasteiger partial charge in [0.25, 0.3) is 0 Å². The van der Waals surface area contributed by atoms with Crippen LogP contribution in [0.1, 0.15) is 43.0 Å². The first-order valence-corrected chi connectivity index (χ1v) is 8.33. The fourth-order valence-corrected chi connectivity index (χ4v) is 2.53. The third-order valence-corrected chi connectivity index (χ3v) is 4.12. The van der Waals surface area contributed by atoms with E-state index in [1.807, 2.05) is 0 Å². The number of hydrogen-bond acceptors (Lipinski definition) is 4. The second kappa shape index (κ2) is 8.47. The molecule has 2 rings (SSSR count). The SMILES string of the molecule is CCCCCNC(=O)C1CC1C(=O)Nc1ccc(C(=O)OC)cc1. The van der Waals surface area contributed by atoms with E-state index >= 15 is 0 Å². The lowest BCUT2D eigenvalue weighted by Gasteiger charge is -2.06. The van der Waals surface area contributed by atoms with Gasteiger partial charge in [0.2, 0.25) is 11.8 Å². The van der Waals surface area contributed by atoms with E-state index < -0.39 is 5.97 Å². The monoisotopic (exact) mass is 332 g/mol. The Morgan fingerprint density at radius 1 is 1.08 bits per heavy atom. The van der Waals surface area contributed by atoms with Crippen LogP contribution in [0.15, 0.2) is 24.3 Å². The van der Waals surface area contributed by atoms with Gasteiger partial charge >= 0.3 is 5.97 Å². The van der Waals surface area contributed by atoms with Gasteiger partial charge in [-0.05, 0) is 37.1 Å². The van der Waals surface area contributed by atoms with Gasteiger partial charge in [-0.2, -0.15) is 0 Å². The first kappa shape index (κ1) is 18.0. The van der Waals surface area contributed by atoms with Gasteiger partial charge in [-0.25, -0.2) is 4.79 Å². The first-order valence-electron chi connectivity index (χ1n) is 8.33. The lowest BCUT2D eigenvalue weighted by Crippen LogP contribution is -2.28. The van der Waals surface area contributed by atoms with E-state index in [0.717, 1.165) is 19.3 Å². The second-order valence-corrected chi connectivity index (χ2v) is 6.01. The molecule has 130 valence electrons. The molecule has 2 atom stereocenters. The molecule has 1 aliphatic carbocycles. The van der Waals surface area contributed by atoms with Crippen molar-refractivity contribution >= 4 is 23.5 Å². The summed E-state index contributed by atoms with van der Waals surface area (Å²) in [7, 11) is 1.32. The fraction of sp³-hybridized carbons (Fsp3) is 0.500. The fourth-order valence-electron chi connectivity index (χ4n) is 2.53. The summed E-state index contributed by atoms with van der Waals surface area (Å²) < 4.78 is 4.62. The Balaban J connectivity index is 1.77. The Morgan fingerprint density at radius 3 is 2.38 bits per heavy atom. The summed E-state index contributed by atoms with van der Waals surface area (Å²) in [5.41, 5.74) is 1.02. The molecule has 0 heterocycles. The van der Waals surface area contributed by atoms with E-state index in [2.05, 4.69) is 22.3 Å². The van der Waals surface area contributed by atoms with Gasteiger partial charge in [0.05, 0.1) is 24.5 Å². The van der Waals surface area contributed by atoms with Crippen LogP contribution in [0.3, 0.4) is 0 Å². The summed E-state index contributed by atoms with van der Waals surface area (Å²) in [5, 5.41) is 5.66. The molecular formula is C18H24N2O4. The largest absolute Gasteiger partial charge is 0.465 e. The van der Waals surface area contributed by atoms with E-state index in [-0.39, 0.29) is 23.7 Å². The van der Waals surface area contributed by atoms with Crippen LogP contribution in [-0.4, -0.2) is 31.4 Å². The van der Waals surface area contributed by atoms with E-state index in [1.165, 1.54) is 7.11 Å². The summed E-state index contributed by atoms with van der Waals surface area (Å²) in [6.45, 7) is 2.79. The first-order chi connectivity index (χ1) is 11.6. The Labute approximate surface area is 142 Å². The number of methoxy groups -OCH3 is 1. The molecule has 1 aliphatic rings. The van der Waals surface area contributed by atoms with Gasteiger partial charge in [0.15, 0.2) is 0 Å². The van der Waals surface area contributed by atoms with Crippen LogP contribution in [0.2, 0.25) is 0 Å². The Hall–Kier alpha value is -2.37. The van der Waals surface area contributed by atoms with Gasteiger partial charge in [0.1, 0.15) is 0 Å². The number of carbonyl (C=O) groups excluding carboxylic acids is 3. The zero-order valence-electron chi connectivity index (χ0n) is 14.1. The van der Waals surface area contributed by atoms with Crippen LogP contribution < -0.4 is 10.6 Å². The maximum absolute atomic E-state index is 12.2. The molecular weight excluding hydrogens is 308 g/mol. The number of rotatable bonds is 8. The highest BCUT2D eigenvalue weighted by atomic mass is 16.5. The van der Waals surface area contributed by atoms with Crippen molar-refractivity contribution in [1.82, 2.24) is 5.32 Å². The third-order valence-electron chi connectivity index (χ3n) is 4.12. The molecule has 6 heteroatoms. The van der Waals surface area contributed by atoms with Gasteiger partial charge in [0, 0.05) is 12.2 Å². The zero-order chi connectivity index (χ0) is 17.5. The van der Waals surface area contributed by atoms with E-state index in [0.29, 0.717) is 24.2 Å². The minimum absolute atomic E-state index is 0.0349. The van der Waals surface area contributed by atoms with Crippen molar-refractivity contribution in [2.45, 2.75) is 32.6 Å². The van der Waals surface area contributed by atoms with Crippen molar-refractivity contribution in [3.05, 3.63) is 29.8 Å². The molecule has 24 heavy (non-hydrogen) atoms. The van der Waals surface area contributed by atoms with Gasteiger partial charge in [-0.15, -0.1) is 0 Å². The van der Waals surface area contributed by atoms with Gasteiger partial charge < -0.3 is 15.4 Å². The van der Waals surface area contributed by atoms with Crippen molar-refractivity contribution in [1.29, 1.82) is 0 Å². The van der Waals surface area contributed by atoms with Crippen molar-refractivity contribution in [3.8, 4) is 0 Å². The summed E-state index contributed by atoms with van der Waals surface area (Å²) in [5.74, 6) is -1.10. The number of nitrogens with one attached hydrogen (secondary N) is 2. The molecule has 1 aromatic rings. The number of carbonyl (C=O) groups is 3. The molecule has 0 saturated heterocycles. The molecule has 2 amide bonds. The van der Waals surface area contributed by atoms with Crippen LogP contribution in [-0.2, 0) is 14.3 Å². The molecule has 1 fully saturated rings. The Bertz CT molecular complexity index is 598. The van der Waals surface area contributed by atoms with Crippen molar-refractivity contribution in [3.63, 3.8) is 0 Å². The Kier molecular flexibility index (Phi) is 6.35. The van der Waals surface area contributed by atoms with Crippen LogP contribution in [0.5, 0.6) is 0 Å². The van der Waals surface area contributed by atoms with Crippen LogP contribution in [0.25, 0.3) is 0 Å². The molecule has 6 nitrogen and oxygen atoms in total. The number of anilines is 1. The summed E-state index contributed by atoms with van der Waals surface area (Å²) in [4.78, 5) is 35.5. The topological polar surface area (TPSA) is 84.5 Å². The standard InChI is InChI=1S/C18H24N2O4/c1-3-4-5-10-19-16(21)14-11-15(14)17(22)20-13-8-6-12(7-9-13)18(23)24-2/h6-9,14-15H,3-5,10-11H2,1-2H3,(H,19,21)(H,20,22). The van der Waals surface area contributed by atoms with E-state index in [4.69, 9.17) is 0 Å². The normalized spacial score (nSPS) is 18.6. The van der Waals surface area contributed by atoms with Crippen molar-refractivity contribution in [2.24, 2.45) is 11.8 Å². The van der Waals surface area contributed by atoms with Crippen LogP contribution in [0.4, 0.5) is 5.69 Å². The number of amides is 2. The van der Waals surface area contributed by atoms with Crippen LogP contribution in [0, 0.1) is 11.8 Å². The predicted molar refractivity (Wildman–Crippen MR) is 90.5 cm³/mol. The molecule has 0 bridgehead atoms. The highest BCUT2D eigenvalue weighted by molar-refractivity contribution is 5.99. The molecule has 0 aromatic heterocycles. The highest BCUT2D eigenvalue weighted by Gasteiger charge is 2.47. The minimum Gasteiger partial charge on any atom is -0.465 e.